The number of aryl methyl sites for hydroxylation is 2. The molecule has 4 nitrogen and oxygen atoms in total. The van der Waals surface area contributed by atoms with Gasteiger partial charge >= 0.3 is 0 Å². The van der Waals surface area contributed by atoms with Crippen LogP contribution < -0.4 is 5.32 Å². The number of benzene rings is 1. The van der Waals surface area contributed by atoms with Gasteiger partial charge in [-0.2, -0.15) is 0 Å². The van der Waals surface area contributed by atoms with E-state index in [0.29, 0.717) is 16.5 Å². The summed E-state index contributed by atoms with van der Waals surface area (Å²) in [5.41, 5.74) is 1.90. The highest BCUT2D eigenvalue weighted by atomic mass is 35.5. The zero-order chi connectivity index (χ0) is 17.8. The highest BCUT2D eigenvalue weighted by molar-refractivity contribution is 6.30. The topological polar surface area (TPSA) is 45.5 Å². The summed E-state index contributed by atoms with van der Waals surface area (Å²) >= 11 is 5.94. The molecule has 0 bridgehead atoms. The standard InChI is InChI=1S/C20H25ClN2O2/c1-14-10-18(15(2)25-14)13-23-8-6-16(7-9-23)12-22-20(24)17-4-3-5-19(21)11-17/h3-5,10-11,16H,6-9,12-13H2,1-2H3,(H,22,24). The zero-order valence-corrected chi connectivity index (χ0v) is 15.6. The largest absolute Gasteiger partial charge is 0.466 e. The van der Waals surface area contributed by atoms with Gasteiger partial charge in [-0.05, 0) is 70.0 Å². The molecule has 0 aliphatic carbocycles. The number of hydrogen-bond acceptors (Lipinski definition) is 3. The fourth-order valence-electron chi connectivity index (χ4n) is 3.40. The molecule has 1 saturated heterocycles. The van der Waals surface area contributed by atoms with E-state index in [4.69, 9.17) is 16.0 Å². The Balaban J connectivity index is 1.43. The number of nitrogens with zero attached hydrogens (tertiary/aromatic N) is 1. The predicted molar refractivity (Wildman–Crippen MR) is 100.0 cm³/mol. The van der Waals surface area contributed by atoms with Gasteiger partial charge in [0, 0.05) is 29.2 Å². The molecule has 1 aliphatic heterocycles. The molecule has 2 aromatic rings. The Bertz CT molecular complexity index is 733. The summed E-state index contributed by atoms with van der Waals surface area (Å²) in [6.07, 6.45) is 2.21. The third-order valence-electron chi connectivity index (χ3n) is 4.88. The molecule has 1 aromatic heterocycles. The number of amides is 1. The number of carbonyl (C=O) groups excluding carboxylic acids is 1. The molecule has 3 rings (SSSR count). The fraction of sp³-hybridized carbons (Fsp3) is 0.450. The van der Waals surface area contributed by atoms with E-state index < -0.39 is 0 Å². The first kappa shape index (κ1) is 18.0. The highest BCUT2D eigenvalue weighted by Crippen LogP contribution is 2.21. The predicted octanol–water partition coefficient (Wildman–Crippen LogP) is 4.19. The maximum Gasteiger partial charge on any atom is 0.251 e. The first-order valence-corrected chi connectivity index (χ1v) is 9.21. The molecule has 1 amide bonds. The van der Waals surface area contributed by atoms with Crippen LogP contribution in [0.2, 0.25) is 5.02 Å². The second kappa shape index (κ2) is 8.07. The van der Waals surface area contributed by atoms with Crippen LogP contribution >= 0.6 is 11.6 Å². The van der Waals surface area contributed by atoms with Gasteiger partial charge in [-0.15, -0.1) is 0 Å². The minimum absolute atomic E-state index is 0.0468. The lowest BCUT2D eigenvalue weighted by Crippen LogP contribution is -2.38. The maximum absolute atomic E-state index is 12.2. The van der Waals surface area contributed by atoms with E-state index in [-0.39, 0.29) is 5.91 Å². The Hall–Kier alpha value is -1.78. The molecule has 0 radical (unpaired) electrons. The van der Waals surface area contributed by atoms with Crippen molar-refractivity contribution in [2.45, 2.75) is 33.2 Å². The molecule has 0 spiro atoms. The highest BCUT2D eigenvalue weighted by Gasteiger charge is 2.21. The molecule has 0 atom stereocenters. The van der Waals surface area contributed by atoms with Gasteiger partial charge in [0.05, 0.1) is 0 Å². The van der Waals surface area contributed by atoms with Gasteiger partial charge in [0.15, 0.2) is 0 Å². The molecular formula is C20H25ClN2O2. The zero-order valence-electron chi connectivity index (χ0n) is 14.8. The SMILES string of the molecule is Cc1cc(CN2CCC(CNC(=O)c3cccc(Cl)c3)CC2)c(C)o1. The van der Waals surface area contributed by atoms with Crippen LogP contribution in [-0.2, 0) is 6.54 Å². The van der Waals surface area contributed by atoms with Gasteiger partial charge in [0.25, 0.3) is 5.91 Å². The summed E-state index contributed by atoms with van der Waals surface area (Å²) in [7, 11) is 0. The molecule has 25 heavy (non-hydrogen) atoms. The van der Waals surface area contributed by atoms with Crippen molar-refractivity contribution in [3.8, 4) is 0 Å². The minimum atomic E-state index is -0.0468. The Labute approximate surface area is 154 Å². The van der Waals surface area contributed by atoms with Crippen LogP contribution in [0, 0.1) is 19.8 Å². The molecule has 1 aliphatic rings. The summed E-state index contributed by atoms with van der Waals surface area (Å²) in [5.74, 6) is 2.49. The van der Waals surface area contributed by atoms with Crippen molar-refractivity contribution < 1.29 is 9.21 Å². The monoisotopic (exact) mass is 360 g/mol. The van der Waals surface area contributed by atoms with Crippen LogP contribution in [0.3, 0.4) is 0 Å². The van der Waals surface area contributed by atoms with Crippen molar-refractivity contribution >= 4 is 17.5 Å². The molecule has 0 unspecified atom stereocenters. The van der Waals surface area contributed by atoms with Gasteiger partial charge in [0.1, 0.15) is 11.5 Å². The van der Waals surface area contributed by atoms with Crippen LogP contribution in [0.1, 0.15) is 40.3 Å². The fourth-order valence-corrected chi connectivity index (χ4v) is 3.59. The van der Waals surface area contributed by atoms with Gasteiger partial charge in [-0.3, -0.25) is 9.69 Å². The van der Waals surface area contributed by atoms with E-state index in [2.05, 4.69) is 16.3 Å². The van der Waals surface area contributed by atoms with Gasteiger partial charge in [0.2, 0.25) is 0 Å². The molecule has 5 heteroatoms. The van der Waals surface area contributed by atoms with Gasteiger partial charge < -0.3 is 9.73 Å². The first-order chi connectivity index (χ1) is 12.0. The Morgan fingerprint density at radius 3 is 2.68 bits per heavy atom. The van der Waals surface area contributed by atoms with Crippen molar-refractivity contribution in [3.05, 3.63) is 58.0 Å². The van der Waals surface area contributed by atoms with E-state index >= 15 is 0 Å². The Morgan fingerprint density at radius 2 is 2.04 bits per heavy atom. The smallest absolute Gasteiger partial charge is 0.251 e. The Kier molecular flexibility index (Phi) is 5.82. The molecule has 0 saturated carbocycles. The van der Waals surface area contributed by atoms with Crippen LogP contribution in [0.15, 0.2) is 34.7 Å². The van der Waals surface area contributed by atoms with E-state index in [0.717, 1.165) is 50.5 Å². The minimum Gasteiger partial charge on any atom is -0.466 e. The van der Waals surface area contributed by atoms with E-state index in [9.17, 15) is 4.79 Å². The van der Waals surface area contributed by atoms with Crippen molar-refractivity contribution in [2.75, 3.05) is 19.6 Å². The number of nitrogens with one attached hydrogen (secondary N) is 1. The van der Waals surface area contributed by atoms with E-state index in [1.54, 1.807) is 24.3 Å². The van der Waals surface area contributed by atoms with E-state index in [1.165, 1.54) is 5.56 Å². The normalized spacial score (nSPS) is 16.1. The Morgan fingerprint density at radius 1 is 1.28 bits per heavy atom. The summed E-state index contributed by atoms with van der Waals surface area (Å²) in [4.78, 5) is 14.7. The maximum atomic E-state index is 12.2. The lowest BCUT2D eigenvalue weighted by molar-refractivity contribution is 0.0935. The number of furan rings is 1. The number of carbonyl (C=O) groups is 1. The van der Waals surface area contributed by atoms with Crippen molar-refractivity contribution in [3.63, 3.8) is 0 Å². The summed E-state index contributed by atoms with van der Waals surface area (Å²) in [5, 5.41) is 3.63. The van der Waals surface area contributed by atoms with Crippen LogP contribution in [0.25, 0.3) is 0 Å². The third-order valence-corrected chi connectivity index (χ3v) is 5.12. The third kappa shape index (κ3) is 4.86. The molecule has 134 valence electrons. The molecule has 2 heterocycles. The van der Waals surface area contributed by atoms with E-state index in [1.807, 2.05) is 13.8 Å². The van der Waals surface area contributed by atoms with Crippen molar-refractivity contribution in [2.24, 2.45) is 5.92 Å². The first-order valence-electron chi connectivity index (χ1n) is 8.83. The summed E-state index contributed by atoms with van der Waals surface area (Å²) in [6.45, 7) is 7.81. The van der Waals surface area contributed by atoms with Crippen molar-refractivity contribution in [1.29, 1.82) is 0 Å². The second-order valence-electron chi connectivity index (χ2n) is 6.88. The lowest BCUT2D eigenvalue weighted by Gasteiger charge is -2.31. The lowest BCUT2D eigenvalue weighted by atomic mass is 9.96. The number of hydrogen-bond donors (Lipinski definition) is 1. The number of halogens is 1. The second-order valence-corrected chi connectivity index (χ2v) is 7.31. The number of rotatable bonds is 5. The summed E-state index contributed by atoms with van der Waals surface area (Å²) < 4.78 is 5.61. The van der Waals surface area contributed by atoms with Crippen LogP contribution in [-0.4, -0.2) is 30.4 Å². The van der Waals surface area contributed by atoms with Gasteiger partial charge in [-0.25, -0.2) is 0 Å². The molecule has 1 fully saturated rings. The average Bonchev–Trinajstić information content (AvgIpc) is 2.91. The summed E-state index contributed by atoms with van der Waals surface area (Å²) in [6, 6.07) is 9.20. The van der Waals surface area contributed by atoms with Crippen LogP contribution in [0.5, 0.6) is 0 Å². The van der Waals surface area contributed by atoms with Gasteiger partial charge in [-0.1, -0.05) is 17.7 Å². The van der Waals surface area contributed by atoms with Crippen molar-refractivity contribution in [1.82, 2.24) is 10.2 Å². The van der Waals surface area contributed by atoms with Crippen LogP contribution in [0.4, 0.5) is 0 Å². The quantitative estimate of drug-likeness (QED) is 0.869. The number of piperidine rings is 1. The molecule has 1 aromatic carbocycles. The number of likely N-dealkylation sites (tertiary alicyclic amines) is 1. The average molecular weight is 361 g/mol. The molecular weight excluding hydrogens is 336 g/mol. The molecule has 1 N–H and O–H groups in total.